The first-order valence-corrected chi connectivity index (χ1v) is 14.4. The number of aromatic nitrogens is 1. The minimum atomic E-state index is -0.426. The average molecular weight is 548 g/mol. The van der Waals surface area contributed by atoms with Crippen molar-refractivity contribution in [3.8, 4) is 0 Å². The van der Waals surface area contributed by atoms with Crippen molar-refractivity contribution >= 4 is 11.9 Å². The van der Waals surface area contributed by atoms with E-state index in [0.29, 0.717) is 32.4 Å². The first kappa shape index (κ1) is 28.2. The zero-order valence-corrected chi connectivity index (χ0v) is 23.3. The number of nitrogens with one attached hydrogen (secondary N) is 1. The van der Waals surface area contributed by atoms with Gasteiger partial charge in [-0.2, -0.15) is 0 Å². The third-order valence-electron chi connectivity index (χ3n) is 7.68. The normalized spacial score (nSPS) is 17.3. The molecule has 1 aliphatic rings. The molecule has 0 bridgehead atoms. The summed E-state index contributed by atoms with van der Waals surface area (Å²) in [6.45, 7) is 1.47. The molecule has 0 radical (unpaired) electrons. The van der Waals surface area contributed by atoms with Gasteiger partial charge < -0.3 is 15.0 Å². The Balaban J connectivity index is 1.30. The summed E-state index contributed by atoms with van der Waals surface area (Å²) in [7, 11) is 0. The summed E-state index contributed by atoms with van der Waals surface area (Å²) < 4.78 is 5.51. The number of ether oxygens (including phenoxy) is 1. The number of hydrogen-bond donors (Lipinski definition) is 1. The van der Waals surface area contributed by atoms with Gasteiger partial charge in [-0.05, 0) is 41.7 Å². The molecule has 1 aromatic heterocycles. The van der Waals surface area contributed by atoms with Crippen molar-refractivity contribution in [2.45, 2.75) is 50.3 Å². The van der Waals surface area contributed by atoms with Gasteiger partial charge in [0.05, 0.1) is 6.04 Å². The van der Waals surface area contributed by atoms with E-state index in [1.165, 1.54) is 11.1 Å². The lowest BCUT2D eigenvalue weighted by molar-refractivity contribution is -0.145. The van der Waals surface area contributed by atoms with Crippen molar-refractivity contribution in [1.29, 1.82) is 0 Å². The molecule has 1 N–H and O–H groups in total. The molecule has 2 heterocycles. The molecule has 0 saturated carbocycles. The molecule has 1 fully saturated rings. The standard InChI is InChI=1S/C35H37N3O3/c39-34(41-26-27-12-4-1-5-13-27)20-19-30-21-23-38(35(40)33(37-30)24-31-18-10-11-22-36-31)25-32(28-14-6-2-7-15-28)29-16-8-3-9-17-29/h1-18,22,30,32-33,37H,19-21,23-26H2/t30-,33-/m0/s1. The molecule has 3 aromatic carbocycles. The van der Waals surface area contributed by atoms with Gasteiger partial charge >= 0.3 is 5.97 Å². The first-order chi connectivity index (χ1) is 20.2. The fourth-order valence-corrected chi connectivity index (χ4v) is 5.46. The lowest BCUT2D eigenvalue weighted by Gasteiger charge is -2.29. The number of hydrogen-bond acceptors (Lipinski definition) is 5. The number of nitrogens with zero attached hydrogens (tertiary/aromatic N) is 2. The number of amides is 1. The molecular weight excluding hydrogens is 510 g/mol. The Morgan fingerprint density at radius 2 is 1.51 bits per heavy atom. The smallest absolute Gasteiger partial charge is 0.306 e. The van der Waals surface area contributed by atoms with E-state index >= 15 is 0 Å². The summed E-state index contributed by atoms with van der Waals surface area (Å²) in [6.07, 6.45) is 3.91. The van der Waals surface area contributed by atoms with E-state index in [9.17, 15) is 9.59 Å². The molecule has 1 amide bonds. The summed E-state index contributed by atoms with van der Waals surface area (Å²) in [6, 6.07) is 35.8. The Morgan fingerprint density at radius 1 is 0.878 bits per heavy atom. The highest BCUT2D eigenvalue weighted by atomic mass is 16.5. The summed E-state index contributed by atoms with van der Waals surface area (Å²) in [4.78, 5) is 33.1. The van der Waals surface area contributed by atoms with Crippen LogP contribution in [-0.2, 0) is 27.4 Å². The van der Waals surface area contributed by atoms with E-state index in [4.69, 9.17) is 4.74 Å². The molecule has 210 valence electrons. The number of carbonyl (C=O) groups excluding carboxylic acids is 2. The van der Waals surface area contributed by atoms with Crippen LogP contribution in [0.1, 0.15) is 47.6 Å². The second kappa shape index (κ2) is 14.4. The molecule has 2 atom stereocenters. The third-order valence-corrected chi connectivity index (χ3v) is 7.68. The Kier molecular flexibility index (Phi) is 9.90. The van der Waals surface area contributed by atoms with Crippen molar-refractivity contribution in [3.05, 3.63) is 138 Å². The predicted molar refractivity (Wildman–Crippen MR) is 160 cm³/mol. The van der Waals surface area contributed by atoms with Crippen molar-refractivity contribution in [2.75, 3.05) is 13.1 Å². The van der Waals surface area contributed by atoms with Crippen LogP contribution in [0, 0.1) is 0 Å². The molecule has 0 aliphatic carbocycles. The molecule has 41 heavy (non-hydrogen) atoms. The van der Waals surface area contributed by atoms with Gasteiger partial charge in [0.2, 0.25) is 5.91 Å². The van der Waals surface area contributed by atoms with Crippen molar-refractivity contribution in [1.82, 2.24) is 15.2 Å². The second-order valence-corrected chi connectivity index (χ2v) is 10.6. The summed E-state index contributed by atoms with van der Waals surface area (Å²) >= 11 is 0. The van der Waals surface area contributed by atoms with Crippen LogP contribution in [0.4, 0.5) is 0 Å². The average Bonchev–Trinajstić information content (AvgIpc) is 3.17. The number of rotatable bonds is 11. The number of pyridine rings is 1. The lowest BCUT2D eigenvalue weighted by atomic mass is 9.90. The minimum Gasteiger partial charge on any atom is -0.461 e. The minimum absolute atomic E-state index is 0.00818. The monoisotopic (exact) mass is 547 g/mol. The van der Waals surface area contributed by atoms with Gasteiger partial charge in [0.25, 0.3) is 0 Å². The molecule has 0 spiro atoms. The lowest BCUT2D eigenvalue weighted by Crippen LogP contribution is -2.48. The molecule has 6 nitrogen and oxygen atoms in total. The zero-order valence-electron chi connectivity index (χ0n) is 23.3. The molecule has 1 saturated heterocycles. The number of benzene rings is 3. The fourth-order valence-electron chi connectivity index (χ4n) is 5.46. The quantitative estimate of drug-likeness (QED) is 0.250. The van der Waals surface area contributed by atoms with Crippen LogP contribution in [-0.4, -0.2) is 46.9 Å². The molecule has 4 aromatic rings. The SMILES string of the molecule is O=C(CC[C@H]1CCN(CC(c2ccccc2)c2ccccc2)C(=O)[C@H](Cc2ccccn2)N1)OCc1ccccc1. The summed E-state index contributed by atoms with van der Waals surface area (Å²) in [5, 5.41) is 3.59. The van der Waals surface area contributed by atoms with Gasteiger partial charge in [-0.25, -0.2) is 0 Å². The molecule has 0 unspecified atom stereocenters. The topological polar surface area (TPSA) is 71.5 Å². The maximum Gasteiger partial charge on any atom is 0.306 e. The van der Waals surface area contributed by atoms with E-state index in [-0.39, 0.29) is 30.4 Å². The van der Waals surface area contributed by atoms with Crippen LogP contribution in [0.5, 0.6) is 0 Å². The Labute approximate surface area is 242 Å². The maximum atomic E-state index is 14.0. The van der Waals surface area contributed by atoms with Gasteiger partial charge in [0.1, 0.15) is 6.61 Å². The van der Waals surface area contributed by atoms with Crippen LogP contribution in [0.25, 0.3) is 0 Å². The highest BCUT2D eigenvalue weighted by molar-refractivity contribution is 5.82. The van der Waals surface area contributed by atoms with Gasteiger partial charge in [-0.3, -0.25) is 14.6 Å². The first-order valence-electron chi connectivity index (χ1n) is 14.4. The largest absolute Gasteiger partial charge is 0.461 e. The van der Waals surface area contributed by atoms with Gasteiger partial charge in [-0.1, -0.05) is 97.1 Å². The Morgan fingerprint density at radius 3 is 2.15 bits per heavy atom. The Hall–Kier alpha value is -4.29. The van der Waals surface area contributed by atoms with E-state index in [1.54, 1.807) is 6.20 Å². The van der Waals surface area contributed by atoms with E-state index in [0.717, 1.165) is 17.7 Å². The second-order valence-electron chi connectivity index (χ2n) is 10.6. The fraction of sp³-hybridized carbons (Fsp3) is 0.286. The number of carbonyl (C=O) groups is 2. The van der Waals surface area contributed by atoms with Crippen LogP contribution in [0.2, 0.25) is 0 Å². The maximum absolute atomic E-state index is 14.0. The van der Waals surface area contributed by atoms with Crippen molar-refractivity contribution in [3.63, 3.8) is 0 Å². The van der Waals surface area contributed by atoms with Crippen LogP contribution in [0.15, 0.2) is 115 Å². The van der Waals surface area contributed by atoms with E-state index < -0.39 is 6.04 Å². The van der Waals surface area contributed by atoms with Crippen molar-refractivity contribution in [2.24, 2.45) is 0 Å². The van der Waals surface area contributed by atoms with Crippen molar-refractivity contribution < 1.29 is 14.3 Å². The van der Waals surface area contributed by atoms with Gasteiger partial charge in [0, 0.05) is 49.8 Å². The van der Waals surface area contributed by atoms with E-state index in [1.807, 2.05) is 89.8 Å². The van der Waals surface area contributed by atoms with Gasteiger partial charge in [0.15, 0.2) is 0 Å². The molecular formula is C35H37N3O3. The zero-order chi connectivity index (χ0) is 28.3. The van der Waals surface area contributed by atoms with Crippen LogP contribution < -0.4 is 5.32 Å². The third kappa shape index (κ3) is 8.12. The van der Waals surface area contributed by atoms with E-state index in [2.05, 4.69) is 34.6 Å². The van der Waals surface area contributed by atoms with Crippen LogP contribution >= 0.6 is 0 Å². The van der Waals surface area contributed by atoms with Crippen LogP contribution in [0.3, 0.4) is 0 Å². The molecule has 1 aliphatic heterocycles. The number of esters is 1. The predicted octanol–water partition coefficient (Wildman–Crippen LogP) is 5.54. The Bertz CT molecular complexity index is 1330. The summed E-state index contributed by atoms with van der Waals surface area (Å²) in [5.74, 6) is -0.0967. The van der Waals surface area contributed by atoms with Gasteiger partial charge in [-0.15, -0.1) is 0 Å². The molecule has 5 rings (SSSR count). The summed E-state index contributed by atoms with van der Waals surface area (Å²) in [5.41, 5.74) is 4.20. The highest BCUT2D eigenvalue weighted by Gasteiger charge is 2.33. The molecule has 6 heteroatoms. The highest BCUT2D eigenvalue weighted by Crippen LogP contribution is 2.27.